The molecule has 1 fully saturated rings. The van der Waals surface area contributed by atoms with Crippen molar-refractivity contribution in [2.45, 2.75) is 32.0 Å². The van der Waals surface area contributed by atoms with Crippen molar-refractivity contribution in [3.8, 4) is 0 Å². The Hall–Kier alpha value is -1.17. The Labute approximate surface area is 93.7 Å². The van der Waals surface area contributed by atoms with Crippen molar-refractivity contribution in [3.05, 3.63) is 0 Å². The van der Waals surface area contributed by atoms with Crippen molar-refractivity contribution in [3.63, 3.8) is 0 Å². The van der Waals surface area contributed by atoms with Crippen molar-refractivity contribution in [1.29, 1.82) is 0 Å². The van der Waals surface area contributed by atoms with Crippen LogP contribution in [0.4, 0.5) is 4.39 Å². The molecule has 1 atom stereocenters. The van der Waals surface area contributed by atoms with E-state index in [4.69, 9.17) is 0 Å². The first-order valence-electron chi connectivity index (χ1n) is 5.47. The number of nitrogens with one attached hydrogen (secondary N) is 2. The van der Waals surface area contributed by atoms with Gasteiger partial charge >= 0.3 is 5.97 Å². The van der Waals surface area contributed by atoms with Gasteiger partial charge in [-0.05, 0) is 32.9 Å². The quantitative estimate of drug-likeness (QED) is 0.518. The van der Waals surface area contributed by atoms with Crippen LogP contribution in [0.3, 0.4) is 0 Å². The number of alkyl halides is 1. The van der Waals surface area contributed by atoms with Gasteiger partial charge in [-0.1, -0.05) is 0 Å². The fraction of sp³-hybridized carbons (Fsp3) is 0.800. The van der Waals surface area contributed by atoms with Crippen LogP contribution in [0.15, 0.2) is 0 Å². The predicted octanol–water partition coefficient (Wildman–Crippen LogP) is -0.244. The third kappa shape index (κ3) is 3.77. The van der Waals surface area contributed by atoms with Crippen LogP contribution in [-0.2, 0) is 14.3 Å². The molecule has 1 amide bonds. The monoisotopic (exact) mass is 232 g/mol. The Kier molecular flexibility index (Phi) is 5.18. The molecule has 1 aliphatic rings. The summed E-state index contributed by atoms with van der Waals surface area (Å²) in [5.41, 5.74) is 0. The van der Waals surface area contributed by atoms with Crippen LogP contribution in [0, 0.1) is 0 Å². The zero-order valence-corrected chi connectivity index (χ0v) is 9.29. The van der Waals surface area contributed by atoms with Gasteiger partial charge in [-0.25, -0.2) is 9.18 Å². The average Bonchev–Trinajstić information content (AvgIpc) is 2.29. The molecule has 0 aromatic carbocycles. The molecule has 0 aromatic rings. The van der Waals surface area contributed by atoms with Gasteiger partial charge in [0.2, 0.25) is 0 Å². The summed E-state index contributed by atoms with van der Waals surface area (Å²) in [5.74, 6) is -2.01. The second-order valence-corrected chi connectivity index (χ2v) is 3.65. The van der Waals surface area contributed by atoms with Crippen molar-refractivity contribution >= 4 is 11.9 Å². The summed E-state index contributed by atoms with van der Waals surface area (Å²) in [6.07, 6.45) is -0.711. The fourth-order valence-corrected chi connectivity index (χ4v) is 1.56. The molecule has 0 aliphatic carbocycles. The summed E-state index contributed by atoms with van der Waals surface area (Å²) in [6.45, 7) is 3.22. The lowest BCUT2D eigenvalue weighted by atomic mass is 10.1. The minimum Gasteiger partial charge on any atom is -0.463 e. The molecule has 1 rings (SSSR count). The van der Waals surface area contributed by atoms with Crippen molar-refractivity contribution in [2.75, 3.05) is 19.7 Å². The highest BCUT2D eigenvalue weighted by Gasteiger charge is 2.29. The molecule has 2 N–H and O–H groups in total. The van der Waals surface area contributed by atoms with E-state index in [1.165, 1.54) is 0 Å². The lowest BCUT2D eigenvalue weighted by Gasteiger charge is -2.24. The van der Waals surface area contributed by atoms with Crippen LogP contribution < -0.4 is 10.6 Å². The third-order valence-corrected chi connectivity index (χ3v) is 2.41. The molecule has 92 valence electrons. The normalized spacial score (nSPS) is 18.9. The second kappa shape index (κ2) is 6.42. The van der Waals surface area contributed by atoms with Crippen LogP contribution >= 0.6 is 0 Å². The number of carbonyl (C=O) groups excluding carboxylic acids is 2. The SMILES string of the molecule is CCOC(=O)C(F)C(=O)NC1CCNCC1. The van der Waals surface area contributed by atoms with E-state index in [0.29, 0.717) is 0 Å². The van der Waals surface area contributed by atoms with Crippen molar-refractivity contribution in [1.82, 2.24) is 10.6 Å². The maximum atomic E-state index is 13.2. The van der Waals surface area contributed by atoms with Crippen molar-refractivity contribution < 1.29 is 18.7 Å². The Morgan fingerprint density at radius 2 is 2.12 bits per heavy atom. The molecule has 1 saturated heterocycles. The predicted molar refractivity (Wildman–Crippen MR) is 55.6 cm³/mol. The summed E-state index contributed by atoms with van der Waals surface area (Å²) >= 11 is 0. The number of halogens is 1. The molecule has 0 radical (unpaired) electrons. The van der Waals surface area contributed by atoms with Crippen LogP contribution in [0.5, 0.6) is 0 Å². The summed E-state index contributed by atoms with van der Waals surface area (Å²) in [4.78, 5) is 22.3. The van der Waals surface area contributed by atoms with E-state index in [9.17, 15) is 14.0 Å². The standard InChI is InChI=1S/C10H17FN2O3/c1-2-16-10(15)8(11)9(14)13-7-3-5-12-6-4-7/h7-8,12H,2-6H2,1H3,(H,13,14). The molecule has 16 heavy (non-hydrogen) atoms. The van der Waals surface area contributed by atoms with E-state index in [0.717, 1.165) is 25.9 Å². The Morgan fingerprint density at radius 3 is 2.69 bits per heavy atom. The number of hydrogen-bond acceptors (Lipinski definition) is 4. The van der Waals surface area contributed by atoms with E-state index < -0.39 is 18.0 Å². The van der Waals surface area contributed by atoms with Gasteiger partial charge < -0.3 is 15.4 Å². The lowest BCUT2D eigenvalue weighted by Crippen LogP contribution is -2.47. The first-order valence-corrected chi connectivity index (χ1v) is 5.47. The van der Waals surface area contributed by atoms with Crippen LogP contribution in [0.2, 0.25) is 0 Å². The van der Waals surface area contributed by atoms with Gasteiger partial charge in [0.1, 0.15) is 0 Å². The molecule has 0 bridgehead atoms. The van der Waals surface area contributed by atoms with E-state index in [1.807, 2.05) is 0 Å². The van der Waals surface area contributed by atoms with Gasteiger partial charge in [0.25, 0.3) is 12.1 Å². The summed E-state index contributed by atoms with van der Waals surface area (Å²) in [7, 11) is 0. The maximum Gasteiger partial charge on any atom is 0.350 e. The van der Waals surface area contributed by atoms with Gasteiger partial charge in [0.05, 0.1) is 6.61 Å². The van der Waals surface area contributed by atoms with Gasteiger partial charge in [0, 0.05) is 6.04 Å². The largest absolute Gasteiger partial charge is 0.463 e. The first kappa shape index (κ1) is 12.9. The molecule has 0 aromatic heterocycles. The zero-order valence-electron chi connectivity index (χ0n) is 9.29. The summed E-state index contributed by atoms with van der Waals surface area (Å²) in [6, 6.07) is -0.0542. The molecule has 1 heterocycles. The number of amides is 1. The molecule has 1 unspecified atom stereocenters. The minimum atomic E-state index is -2.21. The topological polar surface area (TPSA) is 67.4 Å². The van der Waals surface area contributed by atoms with Crippen LogP contribution in [0.25, 0.3) is 0 Å². The van der Waals surface area contributed by atoms with E-state index in [2.05, 4.69) is 15.4 Å². The van der Waals surface area contributed by atoms with Gasteiger partial charge in [-0.2, -0.15) is 0 Å². The smallest absolute Gasteiger partial charge is 0.350 e. The number of hydrogen-bond donors (Lipinski definition) is 2. The summed E-state index contributed by atoms with van der Waals surface area (Å²) < 4.78 is 17.7. The Morgan fingerprint density at radius 1 is 1.50 bits per heavy atom. The molecule has 6 heteroatoms. The molecule has 0 spiro atoms. The highest BCUT2D eigenvalue weighted by Crippen LogP contribution is 2.04. The number of ether oxygens (including phenoxy) is 1. The van der Waals surface area contributed by atoms with E-state index >= 15 is 0 Å². The molecular formula is C10H17FN2O3. The van der Waals surface area contributed by atoms with E-state index in [1.54, 1.807) is 6.92 Å². The molecule has 5 nitrogen and oxygen atoms in total. The highest BCUT2D eigenvalue weighted by atomic mass is 19.1. The summed E-state index contributed by atoms with van der Waals surface area (Å²) in [5, 5.41) is 5.63. The third-order valence-electron chi connectivity index (χ3n) is 2.41. The molecule has 1 aliphatic heterocycles. The fourth-order valence-electron chi connectivity index (χ4n) is 1.56. The number of carbonyl (C=O) groups is 2. The first-order chi connectivity index (χ1) is 7.65. The number of esters is 1. The average molecular weight is 232 g/mol. The maximum absolute atomic E-state index is 13.2. The highest BCUT2D eigenvalue weighted by molar-refractivity contribution is 6.00. The number of rotatable bonds is 4. The van der Waals surface area contributed by atoms with Crippen LogP contribution in [-0.4, -0.2) is 43.8 Å². The lowest BCUT2D eigenvalue weighted by molar-refractivity contribution is -0.153. The van der Waals surface area contributed by atoms with Crippen molar-refractivity contribution in [2.24, 2.45) is 0 Å². The Balaban J connectivity index is 2.35. The molecule has 0 saturated carbocycles. The Bertz CT molecular complexity index is 254. The van der Waals surface area contributed by atoms with Gasteiger partial charge in [-0.15, -0.1) is 0 Å². The van der Waals surface area contributed by atoms with E-state index in [-0.39, 0.29) is 12.6 Å². The van der Waals surface area contributed by atoms with Gasteiger partial charge in [-0.3, -0.25) is 4.79 Å². The molecular weight excluding hydrogens is 215 g/mol. The minimum absolute atomic E-state index is 0.0542. The van der Waals surface area contributed by atoms with Crippen LogP contribution in [0.1, 0.15) is 19.8 Å². The number of piperidine rings is 1. The zero-order chi connectivity index (χ0) is 12.0. The second-order valence-electron chi connectivity index (χ2n) is 3.65. The van der Waals surface area contributed by atoms with Gasteiger partial charge in [0.15, 0.2) is 0 Å².